The molecular formula is C30H52O3. The summed E-state index contributed by atoms with van der Waals surface area (Å²) in [6.45, 7) is 18.3. The molecule has 4 fully saturated rings. The summed E-state index contributed by atoms with van der Waals surface area (Å²) in [6, 6.07) is 0. The van der Waals surface area contributed by atoms with Crippen molar-refractivity contribution in [2.24, 2.45) is 45.3 Å². The van der Waals surface area contributed by atoms with Crippen molar-refractivity contribution >= 4 is 0 Å². The molecule has 0 radical (unpaired) electrons. The van der Waals surface area contributed by atoms with Crippen LogP contribution in [0.25, 0.3) is 0 Å². The first-order valence-electron chi connectivity index (χ1n) is 13.8. The van der Waals surface area contributed by atoms with E-state index in [1.807, 2.05) is 6.92 Å². The van der Waals surface area contributed by atoms with Crippen LogP contribution < -0.4 is 0 Å². The third-order valence-corrected chi connectivity index (χ3v) is 12.4. The molecule has 0 saturated heterocycles. The topological polar surface area (TPSA) is 60.7 Å². The average molecular weight is 461 g/mol. The van der Waals surface area contributed by atoms with Crippen LogP contribution in [0.2, 0.25) is 0 Å². The monoisotopic (exact) mass is 460 g/mol. The lowest BCUT2D eigenvalue weighted by atomic mass is 9.35. The van der Waals surface area contributed by atoms with Gasteiger partial charge in [-0.15, -0.1) is 0 Å². The number of fused-ring (bicyclic) bond motifs is 5. The van der Waals surface area contributed by atoms with Crippen molar-refractivity contribution in [3.05, 3.63) is 11.6 Å². The molecule has 4 saturated carbocycles. The van der Waals surface area contributed by atoms with Crippen molar-refractivity contribution in [2.75, 3.05) is 0 Å². The van der Waals surface area contributed by atoms with Crippen molar-refractivity contribution in [2.45, 2.75) is 131 Å². The first-order chi connectivity index (χ1) is 15.1. The molecule has 0 amide bonds. The zero-order valence-corrected chi connectivity index (χ0v) is 22.7. The maximum Gasteiger partial charge on any atom is 0.0654 e. The second kappa shape index (κ2) is 8.07. The molecular weight excluding hydrogens is 408 g/mol. The molecule has 10 atom stereocenters. The first kappa shape index (κ1) is 25.7. The predicted molar refractivity (Wildman–Crippen MR) is 136 cm³/mol. The highest BCUT2D eigenvalue weighted by molar-refractivity contribution is 5.20. The molecule has 0 bridgehead atoms. The minimum absolute atomic E-state index is 0.0503. The minimum atomic E-state index is -0.739. The summed E-state index contributed by atoms with van der Waals surface area (Å²) in [5, 5.41) is 34.3. The summed E-state index contributed by atoms with van der Waals surface area (Å²) in [5.41, 5.74) is 0.885. The van der Waals surface area contributed by atoms with Crippen LogP contribution >= 0.6 is 0 Å². The summed E-state index contributed by atoms with van der Waals surface area (Å²) >= 11 is 0. The van der Waals surface area contributed by atoms with Crippen molar-refractivity contribution in [1.82, 2.24) is 0 Å². The maximum atomic E-state index is 11.8. The molecule has 0 aliphatic heterocycles. The maximum absolute atomic E-state index is 11.8. The molecule has 4 aliphatic carbocycles. The van der Waals surface area contributed by atoms with Crippen molar-refractivity contribution in [1.29, 1.82) is 0 Å². The summed E-state index contributed by atoms with van der Waals surface area (Å²) in [6.07, 6.45) is 10.6. The van der Waals surface area contributed by atoms with Crippen LogP contribution in [0.5, 0.6) is 0 Å². The minimum Gasteiger partial charge on any atom is -0.393 e. The fourth-order valence-electron chi connectivity index (χ4n) is 10.3. The molecule has 4 aliphatic rings. The smallest absolute Gasteiger partial charge is 0.0654 e. The SMILES string of the molecule is CC(C)=CCC[C@@](C)(O)[C@@H]1CC[C@@]2(C)[C@H]1[C@H](O)CC1[C@@]3(C)CC[C@@H](O)C(C)(C)C3CC[C@@]12C. The van der Waals surface area contributed by atoms with Gasteiger partial charge in [-0.2, -0.15) is 0 Å². The zero-order chi connectivity index (χ0) is 24.6. The molecule has 3 N–H and O–H groups in total. The van der Waals surface area contributed by atoms with E-state index in [0.29, 0.717) is 11.8 Å². The predicted octanol–water partition coefficient (Wildman–Crippen LogP) is 6.50. The Hall–Kier alpha value is -0.380. The molecule has 33 heavy (non-hydrogen) atoms. The highest BCUT2D eigenvalue weighted by Gasteiger charge is 2.71. The second-order valence-electron chi connectivity index (χ2n) is 14.5. The van der Waals surface area contributed by atoms with E-state index in [1.54, 1.807) is 0 Å². The highest BCUT2D eigenvalue weighted by Crippen LogP contribution is 2.75. The van der Waals surface area contributed by atoms with Crippen molar-refractivity contribution in [3.8, 4) is 0 Å². The number of aliphatic hydroxyl groups excluding tert-OH is 2. The molecule has 0 aromatic carbocycles. The summed E-state index contributed by atoms with van der Waals surface area (Å²) in [4.78, 5) is 0. The van der Waals surface area contributed by atoms with Crippen LogP contribution in [0.4, 0.5) is 0 Å². The number of aliphatic hydroxyl groups is 3. The Bertz CT molecular complexity index is 779. The molecule has 0 aromatic rings. The Morgan fingerprint density at radius 1 is 0.909 bits per heavy atom. The summed E-state index contributed by atoms with van der Waals surface area (Å²) in [5.74, 6) is 1.31. The van der Waals surface area contributed by atoms with Gasteiger partial charge in [0.05, 0.1) is 17.8 Å². The Morgan fingerprint density at radius 3 is 2.18 bits per heavy atom. The number of hydrogen-bond donors (Lipinski definition) is 3. The number of rotatable bonds is 4. The van der Waals surface area contributed by atoms with Crippen LogP contribution in [0, 0.1) is 45.3 Å². The largest absolute Gasteiger partial charge is 0.393 e. The van der Waals surface area contributed by atoms with Crippen LogP contribution in [0.3, 0.4) is 0 Å². The van der Waals surface area contributed by atoms with Crippen molar-refractivity contribution in [3.63, 3.8) is 0 Å². The van der Waals surface area contributed by atoms with E-state index in [2.05, 4.69) is 54.5 Å². The van der Waals surface area contributed by atoms with Crippen molar-refractivity contribution < 1.29 is 15.3 Å². The second-order valence-corrected chi connectivity index (χ2v) is 14.5. The molecule has 0 aromatic heterocycles. The average Bonchev–Trinajstić information content (AvgIpc) is 3.08. The van der Waals surface area contributed by atoms with E-state index in [1.165, 1.54) is 18.4 Å². The molecule has 0 spiro atoms. The third kappa shape index (κ3) is 3.61. The molecule has 2 unspecified atom stereocenters. The van der Waals surface area contributed by atoms with Crippen LogP contribution in [-0.2, 0) is 0 Å². The standard InChI is InChI=1S/C30H52O3/c1-19(2)10-9-14-30(8,33)20-11-16-29(7)25(20)21(31)18-23-27(5)15-13-24(32)26(3,4)22(27)12-17-28(23,29)6/h10,20-25,31-33H,9,11-18H2,1-8H3/t20-,21-,22?,23?,24-,25-,27+,28+,29+,30-/m1/s1. The first-order valence-corrected chi connectivity index (χ1v) is 13.8. The van der Waals surface area contributed by atoms with Crippen LogP contribution in [0.1, 0.15) is 113 Å². The fourth-order valence-corrected chi connectivity index (χ4v) is 10.3. The van der Waals surface area contributed by atoms with Gasteiger partial charge in [-0.1, -0.05) is 46.3 Å². The molecule has 4 rings (SSSR count). The lowest BCUT2D eigenvalue weighted by Crippen LogP contribution is -2.66. The zero-order valence-electron chi connectivity index (χ0n) is 22.7. The van der Waals surface area contributed by atoms with Gasteiger partial charge in [-0.25, -0.2) is 0 Å². The van der Waals surface area contributed by atoms with Gasteiger partial charge in [0.2, 0.25) is 0 Å². The van der Waals surface area contributed by atoms with E-state index < -0.39 is 5.60 Å². The Labute approximate surface area is 203 Å². The molecule has 3 heteroatoms. The van der Waals surface area contributed by atoms with E-state index in [-0.39, 0.29) is 45.7 Å². The number of hydrogen-bond acceptors (Lipinski definition) is 3. The van der Waals surface area contributed by atoms with Gasteiger partial charge < -0.3 is 15.3 Å². The van der Waals surface area contributed by atoms with Gasteiger partial charge in [-0.3, -0.25) is 0 Å². The molecule has 190 valence electrons. The summed E-state index contributed by atoms with van der Waals surface area (Å²) in [7, 11) is 0. The summed E-state index contributed by atoms with van der Waals surface area (Å²) < 4.78 is 0. The van der Waals surface area contributed by atoms with Crippen LogP contribution in [0.15, 0.2) is 11.6 Å². The van der Waals surface area contributed by atoms with Gasteiger partial charge >= 0.3 is 0 Å². The third-order valence-electron chi connectivity index (χ3n) is 12.4. The highest BCUT2D eigenvalue weighted by atomic mass is 16.3. The van der Waals surface area contributed by atoms with Gasteiger partial charge in [0, 0.05) is 0 Å². The van der Waals surface area contributed by atoms with E-state index >= 15 is 0 Å². The fraction of sp³-hybridized carbons (Fsp3) is 0.933. The number of allylic oxidation sites excluding steroid dienone is 2. The lowest BCUT2D eigenvalue weighted by molar-refractivity contribution is -0.246. The lowest BCUT2D eigenvalue weighted by Gasteiger charge is -2.70. The van der Waals surface area contributed by atoms with E-state index in [4.69, 9.17) is 0 Å². The van der Waals surface area contributed by atoms with E-state index in [0.717, 1.165) is 44.9 Å². The quantitative estimate of drug-likeness (QED) is 0.420. The Morgan fingerprint density at radius 2 is 1.55 bits per heavy atom. The Balaban J connectivity index is 1.66. The van der Waals surface area contributed by atoms with Gasteiger partial charge in [0.15, 0.2) is 0 Å². The Kier molecular flexibility index (Phi) is 6.28. The van der Waals surface area contributed by atoms with Gasteiger partial charge in [0.25, 0.3) is 0 Å². The molecule has 3 nitrogen and oxygen atoms in total. The van der Waals surface area contributed by atoms with Gasteiger partial charge in [0.1, 0.15) is 0 Å². The van der Waals surface area contributed by atoms with E-state index in [9.17, 15) is 15.3 Å². The normalized spacial score (nSPS) is 50.5. The molecule has 0 heterocycles. The van der Waals surface area contributed by atoms with Gasteiger partial charge in [-0.05, 0) is 124 Å². The van der Waals surface area contributed by atoms with Crippen LogP contribution in [-0.4, -0.2) is 33.1 Å².